The van der Waals surface area contributed by atoms with Crippen LogP contribution in [0.1, 0.15) is 44.6 Å². The number of methoxy groups -OCH3 is 1. The molecule has 0 aliphatic heterocycles. The first-order valence-corrected chi connectivity index (χ1v) is 10.6. The fraction of sp³-hybridized carbons (Fsp3) is 0.565. The number of ether oxygens (including phenoxy) is 1. The van der Waals surface area contributed by atoms with Crippen molar-refractivity contribution in [3.8, 4) is 0 Å². The topological polar surface area (TPSA) is 58.5 Å². The summed E-state index contributed by atoms with van der Waals surface area (Å²) in [6.45, 7) is 5.52. The molecule has 0 amide bonds. The Kier molecular flexibility index (Phi) is 10.1. The number of aliphatic imine (C=N–C) groups is 1. The van der Waals surface area contributed by atoms with Gasteiger partial charge in [0.05, 0.1) is 5.52 Å². The van der Waals surface area contributed by atoms with E-state index in [-0.39, 0.29) is 24.0 Å². The van der Waals surface area contributed by atoms with Crippen LogP contribution in [0.5, 0.6) is 0 Å². The summed E-state index contributed by atoms with van der Waals surface area (Å²) in [4.78, 5) is 9.49. The molecule has 29 heavy (non-hydrogen) atoms. The zero-order chi connectivity index (χ0) is 19.7. The van der Waals surface area contributed by atoms with E-state index in [0.29, 0.717) is 5.41 Å². The highest BCUT2D eigenvalue weighted by Gasteiger charge is 2.33. The van der Waals surface area contributed by atoms with Crippen LogP contribution in [-0.2, 0) is 11.2 Å². The van der Waals surface area contributed by atoms with Crippen molar-refractivity contribution in [2.45, 2.75) is 45.4 Å². The lowest BCUT2D eigenvalue weighted by Gasteiger charge is -2.27. The van der Waals surface area contributed by atoms with Crippen LogP contribution >= 0.6 is 24.0 Å². The van der Waals surface area contributed by atoms with Crippen molar-refractivity contribution >= 4 is 40.8 Å². The third-order valence-corrected chi connectivity index (χ3v) is 5.82. The summed E-state index contributed by atoms with van der Waals surface area (Å²) in [6, 6.07) is 10.5. The Hall–Kier alpha value is -1.41. The van der Waals surface area contributed by atoms with Gasteiger partial charge in [-0.3, -0.25) is 9.98 Å². The molecule has 3 rings (SSSR count). The lowest BCUT2D eigenvalue weighted by Crippen LogP contribution is -2.39. The Labute approximate surface area is 192 Å². The number of hydrogen-bond acceptors (Lipinski definition) is 3. The minimum Gasteiger partial charge on any atom is -0.385 e. The van der Waals surface area contributed by atoms with Gasteiger partial charge in [0.2, 0.25) is 0 Å². The van der Waals surface area contributed by atoms with Crippen LogP contribution in [-0.4, -0.2) is 44.3 Å². The normalized spacial score (nSPS) is 15.9. The second-order valence-corrected chi connectivity index (χ2v) is 7.81. The van der Waals surface area contributed by atoms with Gasteiger partial charge >= 0.3 is 0 Å². The third-order valence-electron chi connectivity index (χ3n) is 5.82. The highest BCUT2D eigenvalue weighted by molar-refractivity contribution is 14.0. The minimum atomic E-state index is 0. The Morgan fingerprint density at radius 1 is 1.17 bits per heavy atom. The van der Waals surface area contributed by atoms with Crippen LogP contribution < -0.4 is 10.6 Å². The monoisotopic (exact) mass is 510 g/mol. The molecule has 0 spiro atoms. The van der Waals surface area contributed by atoms with Crippen LogP contribution in [0.3, 0.4) is 0 Å². The third kappa shape index (κ3) is 6.81. The van der Waals surface area contributed by atoms with Crippen molar-refractivity contribution in [2.24, 2.45) is 10.4 Å². The van der Waals surface area contributed by atoms with Crippen LogP contribution in [0, 0.1) is 5.41 Å². The Balaban J connectivity index is 0.00000300. The number of halogens is 1. The smallest absolute Gasteiger partial charge is 0.191 e. The van der Waals surface area contributed by atoms with E-state index in [9.17, 15) is 0 Å². The summed E-state index contributed by atoms with van der Waals surface area (Å²) in [5, 5.41) is 8.10. The van der Waals surface area contributed by atoms with Gasteiger partial charge in [0.1, 0.15) is 0 Å². The van der Waals surface area contributed by atoms with E-state index < -0.39 is 0 Å². The van der Waals surface area contributed by atoms with Gasteiger partial charge < -0.3 is 15.4 Å². The van der Waals surface area contributed by atoms with Gasteiger partial charge in [0.15, 0.2) is 5.96 Å². The molecule has 0 bridgehead atoms. The van der Waals surface area contributed by atoms with Crippen molar-refractivity contribution in [1.82, 2.24) is 15.6 Å². The number of aromatic nitrogens is 1. The maximum Gasteiger partial charge on any atom is 0.191 e. The van der Waals surface area contributed by atoms with E-state index in [0.717, 1.165) is 50.6 Å². The van der Waals surface area contributed by atoms with Crippen LogP contribution in [0.15, 0.2) is 41.5 Å². The Morgan fingerprint density at radius 3 is 2.72 bits per heavy atom. The Morgan fingerprint density at radius 2 is 1.97 bits per heavy atom. The quantitative estimate of drug-likeness (QED) is 0.295. The van der Waals surface area contributed by atoms with Crippen LogP contribution in [0.2, 0.25) is 0 Å². The average molecular weight is 510 g/mol. The van der Waals surface area contributed by atoms with Crippen molar-refractivity contribution < 1.29 is 4.74 Å². The number of hydrogen-bond donors (Lipinski definition) is 2. The molecule has 1 aromatic carbocycles. The molecule has 1 saturated carbocycles. The van der Waals surface area contributed by atoms with E-state index in [4.69, 9.17) is 9.73 Å². The molecule has 0 unspecified atom stereocenters. The second kappa shape index (κ2) is 12.3. The molecule has 1 heterocycles. The molecule has 5 nitrogen and oxygen atoms in total. The predicted octanol–water partition coefficient (Wildman–Crippen LogP) is 4.55. The molecule has 1 aliphatic rings. The summed E-state index contributed by atoms with van der Waals surface area (Å²) >= 11 is 0. The van der Waals surface area contributed by atoms with Crippen molar-refractivity contribution in [1.29, 1.82) is 0 Å². The second-order valence-electron chi connectivity index (χ2n) is 7.81. The van der Waals surface area contributed by atoms with Gasteiger partial charge in [-0.15, -0.1) is 24.0 Å². The standard InChI is InChI=1S/C23H34N4O.HI/c1-3-24-22(27-18-23(14-17-28-2)12-4-5-13-23)26-16-11-20-9-6-8-19-10-7-15-25-21(19)20;/h6-10,15H,3-5,11-14,16-18H2,1-2H3,(H2,24,26,27);1H. The van der Waals surface area contributed by atoms with Gasteiger partial charge in [0.25, 0.3) is 0 Å². The number of nitrogens with zero attached hydrogens (tertiary/aromatic N) is 2. The van der Waals surface area contributed by atoms with Gasteiger partial charge in [-0.1, -0.05) is 37.1 Å². The molecular weight excluding hydrogens is 475 g/mol. The summed E-state index contributed by atoms with van der Waals surface area (Å²) in [7, 11) is 1.79. The number of para-hydroxylation sites is 1. The average Bonchev–Trinajstić information content (AvgIpc) is 3.20. The first kappa shape index (κ1) is 23.9. The van der Waals surface area contributed by atoms with Crippen LogP contribution in [0.4, 0.5) is 0 Å². The number of fused-ring (bicyclic) bond motifs is 1. The number of nitrogens with one attached hydrogen (secondary N) is 2. The van der Waals surface area contributed by atoms with E-state index in [2.05, 4.69) is 46.8 Å². The molecular formula is C23H35IN4O. The van der Waals surface area contributed by atoms with Gasteiger partial charge in [-0.2, -0.15) is 0 Å². The molecule has 0 saturated heterocycles. The molecule has 2 aromatic rings. The molecule has 1 aromatic heterocycles. The summed E-state index contributed by atoms with van der Waals surface area (Å²) in [5.41, 5.74) is 2.68. The molecule has 2 N–H and O–H groups in total. The largest absolute Gasteiger partial charge is 0.385 e. The summed E-state index contributed by atoms with van der Waals surface area (Å²) in [5.74, 6) is 0.916. The molecule has 6 heteroatoms. The van der Waals surface area contributed by atoms with Gasteiger partial charge in [-0.05, 0) is 49.7 Å². The SMILES string of the molecule is CCNC(=NCC1(CCOC)CCCC1)NCCc1cccc2cccnc12.I. The van der Waals surface area contributed by atoms with E-state index in [1.165, 1.54) is 36.6 Å². The molecule has 1 fully saturated rings. The highest BCUT2D eigenvalue weighted by Crippen LogP contribution is 2.41. The van der Waals surface area contributed by atoms with Crippen molar-refractivity contribution in [3.63, 3.8) is 0 Å². The lowest BCUT2D eigenvalue weighted by atomic mass is 9.83. The lowest BCUT2D eigenvalue weighted by molar-refractivity contribution is 0.141. The number of pyridine rings is 1. The fourth-order valence-electron chi connectivity index (χ4n) is 4.20. The molecule has 0 atom stereocenters. The van der Waals surface area contributed by atoms with E-state index in [1.807, 2.05) is 12.3 Å². The first-order valence-electron chi connectivity index (χ1n) is 10.6. The number of guanidine groups is 1. The predicted molar refractivity (Wildman–Crippen MR) is 132 cm³/mol. The molecule has 0 radical (unpaired) electrons. The van der Waals surface area contributed by atoms with Crippen molar-refractivity contribution in [2.75, 3.05) is 33.4 Å². The Bertz CT molecular complexity index is 769. The summed E-state index contributed by atoms with van der Waals surface area (Å²) in [6.07, 6.45) is 9.06. The first-order chi connectivity index (χ1) is 13.8. The van der Waals surface area contributed by atoms with Gasteiger partial charge in [-0.25, -0.2) is 0 Å². The zero-order valence-electron chi connectivity index (χ0n) is 17.7. The minimum absolute atomic E-state index is 0. The highest BCUT2D eigenvalue weighted by atomic mass is 127. The van der Waals surface area contributed by atoms with E-state index in [1.54, 1.807) is 7.11 Å². The maximum atomic E-state index is 5.35. The molecule has 160 valence electrons. The fourth-order valence-corrected chi connectivity index (χ4v) is 4.20. The van der Waals surface area contributed by atoms with Crippen molar-refractivity contribution in [3.05, 3.63) is 42.1 Å². The summed E-state index contributed by atoms with van der Waals surface area (Å²) < 4.78 is 5.35. The zero-order valence-corrected chi connectivity index (χ0v) is 20.1. The number of rotatable bonds is 9. The molecule has 1 aliphatic carbocycles. The van der Waals surface area contributed by atoms with E-state index >= 15 is 0 Å². The van der Waals surface area contributed by atoms with Crippen LogP contribution in [0.25, 0.3) is 10.9 Å². The number of benzene rings is 1. The maximum absolute atomic E-state index is 5.35. The van der Waals surface area contributed by atoms with Gasteiger partial charge in [0, 0.05) is 44.9 Å².